The van der Waals surface area contributed by atoms with Crippen LogP contribution in [-0.2, 0) is 6.18 Å². The van der Waals surface area contributed by atoms with Crippen molar-refractivity contribution in [3.8, 4) is 0 Å². The fraction of sp³-hybridized carbons (Fsp3) is 0.417. The number of rotatable bonds is 1. The Morgan fingerprint density at radius 1 is 1.22 bits per heavy atom. The predicted octanol–water partition coefficient (Wildman–Crippen LogP) is 4.00. The SMILES string of the molecule is FC(F)(F)c1cccc(NC2=NCCCCS2)c1. The highest BCUT2D eigenvalue weighted by Gasteiger charge is 2.30. The summed E-state index contributed by atoms with van der Waals surface area (Å²) in [4.78, 5) is 4.30. The van der Waals surface area contributed by atoms with Gasteiger partial charge in [0.1, 0.15) is 0 Å². The largest absolute Gasteiger partial charge is 0.416 e. The summed E-state index contributed by atoms with van der Waals surface area (Å²) in [6, 6.07) is 5.18. The molecule has 18 heavy (non-hydrogen) atoms. The molecule has 0 amide bonds. The van der Waals surface area contributed by atoms with E-state index in [-0.39, 0.29) is 0 Å². The molecule has 1 N–H and O–H groups in total. The molecule has 1 aliphatic rings. The Morgan fingerprint density at radius 2 is 2.06 bits per heavy atom. The quantitative estimate of drug-likeness (QED) is 0.837. The van der Waals surface area contributed by atoms with Gasteiger partial charge in [0, 0.05) is 18.0 Å². The summed E-state index contributed by atoms with van der Waals surface area (Å²) in [6.45, 7) is 0.730. The number of anilines is 1. The van der Waals surface area contributed by atoms with Gasteiger partial charge in [-0.1, -0.05) is 17.8 Å². The number of hydrogen-bond acceptors (Lipinski definition) is 3. The number of amidine groups is 1. The Labute approximate surface area is 108 Å². The van der Waals surface area contributed by atoms with Gasteiger partial charge < -0.3 is 5.32 Å². The number of hydrogen-bond donors (Lipinski definition) is 1. The van der Waals surface area contributed by atoms with Gasteiger partial charge >= 0.3 is 6.18 Å². The molecule has 1 aromatic rings. The van der Waals surface area contributed by atoms with Crippen LogP contribution >= 0.6 is 11.8 Å². The first kappa shape index (κ1) is 13.3. The first-order valence-corrected chi connectivity index (χ1v) is 6.66. The number of alkyl halides is 3. The van der Waals surface area contributed by atoms with Crippen molar-refractivity contribution in [1.29, 1.82) is 0 Å². The molecular formula is C12H13F3N2S. The molecule has 0 unspecified atom stereocenters. The third-order valence-electron chi connectivity index (χ3n) is 2.49. The summed E-state index contributed by atoms with van der Waals surface area (Å²) < 4.78 is 37.6. The highest BCUT2D eigenvalue weighted by molar-refractivity contribution is 8.14. The second-order valence-corrected chi connectivity index (χ2v) is 5.03. The molecule has 0 saturated heterocycles. The maximum Gasteiger partial charge on any atom is 0.416 e. The Kier molecular flexibility index (Phi) is 4.16. The molecule has 2 rings (SSSR count). The lowest BCUT2D eigenvalue weighted by Gasteiger charge is -2.11. The molecule has 98 valence electrons. The highest BCUT2D eigenvalue weighted by atomic mass is 32.2. The normalized spacial score (nSPS) is 16.9. The van der Waals surface area contributed by atoms with E-state index in [2.05, 4.69) is 10.3 Å². The first-order valence-electron chi connectivity index (χ1n) is 5.67. The van der Waals surface area contributed by atoms with Crippen LogP contribution in [0.3, 0.4) is 0 Å². The minimum atomic E-state index is -4.31. The summed E-state index contributed by atoms with van der Waals surface area (Å²) in [5.74, 6) is 0.949. The third-order valence-corrected chi connectivity index (χ3v) is 3.49. The molecule has 6 heteroatoms. The van der Waals surface area contributed by atoms with Crippen LogP contribution in [0.25, 0.3) is 0 Å². The number of nitrogens with zero attached hydrogens (tertiary/aromatic N) is 1. The minimum absolute atomic E-state index is 0.429. The van der Waals surface area contributed by atoms with Crippen LogP contribution in [0, 0.1) is 0 Å². The van der Waals surface area contributed by atoms with Gasteiger partial charge in [-0.3, -0.25) is 4.99 Å². The number of aliphatic imine (C=N–C) groups is 1. The van der Waals surface area contributed by atoms with E-state index in [1.54, 1.807) is 17.8 Å². The second kappa shape index (κ2) is 5.65. The zero-order valence-electron chi connectivity index (χ0n) is 9.63. The van der Waals surface area contributed by atoms with E-state index in [0.29, 0.717) is 10.9 Å². The Morgan fingerprint density at radius 3 is 2.83 bits per heavy atom. The van der Waals surface area contributed by atoms with Crippen LogP contribution in [0.15, 0.2) is 29.3 Å². The first-order chi connectivity index (χ1) is 8.55. The average molecular weight is 274 g/mol. The van der Waals surface area contributed by atoms with Crippen molar-refractivity contribution in [3.05, 3.63) is 29.8 Å². The molecule has 1 aromatic carbocycles. The van der Waals surface area contributed by atoms with Gasteiger partial charge in [-0.2, -0.15) is 13.2 Å². The number of benzene rings is 1. The maximum atomic E-state index is 12.5. The Bertz CT molecular complexity index is 443. The van der Waals surface area contributed by atoms with Crippen molar-refractivity contribution in [2.45, 2.75) is 19.0 Å². The van der Waals surface area contributed by atoms with E-state index in [0.717, 1.165) is 37.3 Å². The Hall–Kier alpha value is -1.17. The molecule has 0 radical (unpaired) electrons. The minimum Gasteiger partial charge on any atom is -0.335 e. The van der Waals surface area contributed by atoms with Gasteiger partial charge in [-0.25, -0.2) is 0 Å². The van der Waals surface area contributed by atoms with Crippen molar-refractivity contribution in [2.75, 3.05) is 17.6 Å². The van der Waals surface area contributed by atoms with Gasteiger partial charge in [-0.15, -0.1) is 0 Å². The fourth-order valence-corrected chi connectivity index (χ4v) is 2.50. The maximum absolute atomic E-state index is 12.5. The molecule has 0 atom stereocenters. The topological polar surface area (TPSA) is 24.4 Å². The zero-order chi connectivity index (χ0) is 13.0. The molecule has 0 aliphatic carbocycles. The van der Waals surface area contributed by atoms with E-state index in [1.807, 2.05) is 0 Å². The summed E-state index contributed by atoms with van der Waals surface area (Å²) in [5, 5.41) is 3.65. The van der Waals surface area contributed by atoms with E-state index >= 15 is 0 Å². The summed E-state index contributed by atoms with van der Waals surface area (Å²) in [7, 11) is 0. The lowest BCUT2D eigenvalue weighted by molar-refractivity contribution is -0.137. The molecule has 0 bridgehead atoms. The van der Waals surface area contributed by atoms with E-state index < -0.39 is 11.7 Å². The van der Waals surface area contributed by atoms with Crippen LogP contribution in [0.5, 0.6) is 0 Å². The van der Waals surface area contributed by atoms with Gasteiger partial charge in [-0.05, 0) is 31.0 Å². The summed E-state index contributed by atoms with van der Waals surface area (Å²) in [5.41, 5.74) is -0.218. The lowest BCUT2D eigenvalue weighted by atomic mass is 10.2. The number of nitrogens with one attached hydrogen (secondary N) is 1. The van der Waals surface area contributed by atoms with Crippen LogP contribution in [-0.4, -0.2) is 17.5 Å². The fourth-order valence-electron chi connectivity index (χ4n) is 1.58. The van der Waals surface area contributed by atoms with Crippen molar-refractivity contribution in [1.82, 2.24) is 0 Å². The van der Waals surface area contributed by atoms with Crippen LogP contribution in [0.1, 0.15) is 18.4 Å². The molecule has 1 aliphatic heterocycles. The summed E-state index contributed by atoms with van der Waals surface area (Å²) in [6.07, 6.45) is -2.20. The van der Waals surface area contributed by atoms with Crippen molar-refractivity contribution in [2.24, 2.45) is 4.99 Å². The predicted molar refractivity (Wildman–Crippen MR) is 69.1 cm³/mol. The lowest BCUT2D eigenvalue weighted by Crippen LogP contribution is -2.10. The second-order valence-electron chi connectivity index (χ2n) is 3.95. The third kappa shape index (κ3) is 3.66. The van der Waals surface area contributed by atoms with Gasteiger partial charge in [0.05, 0.1) is 5.56 Å². The van der Waals surface area contributed by atoms with Crippen LogP contribution < -0.4 is 5.32 Å². The molecule has 0 spiro atoms. The standard InChI is InChI=1S/C12H13F3N2S/c13-12(14,15)9-4-3-5-10(8-9)17-11-16-6-1-2-7-18-11/h3-5,8H,1-2,6-7H2,(H,16,17). The van der Waals surface area contributed by atoms with E-state index in [1.165, 1.54) is 6.07 Å². The van der Waals surface area contributed by atoms with Crippen molar-refractivity contribution in [3.63, 3.8) is 0 Å². The number of thioether (sulfide) groups is 1. The molecular weight excluding hydrogens is 261 g/mol. The smallest absolute Gasteiger partial charge is 0.335 e. The van der Waals surface area contributed by atoms with E-state index in [4.69, 9.17) is 0 Å². The van der Waals surface area contributed by atoms with Gasteiger partial charge in [0.15, 0.2) is 5.17 Å². The van der Waals surface area contributed by atoms with Crippen LogP contribution in [0.4, 0.5) is 18.9 Å². The monoisotopic (exact) mass is 274 g/mol. The Balaban J connectivity index is 2.11. The van der Waals surface area contributed by atoms with Crippen LogP contribution in [0.2, 0.25) is 0 Å². The van der Waals surface area contributed by atoms with E-state index in [9.17, 15) is 13.2 Å². The summed E-state index contributed by atoms with van der Waals surface area (Å²) >= 11 is 1.55. The van der Waals surface area contributed by atoms with Crippen molar-refractivity contribution < 1.29 is 13.2 Å². The molecule has 0 saturated carbocycles. The molecule has 0 fully saturated rings. The van der Waals surface area contributed by atoms with Crippen molar-refractivity contribution >= 4 is 22.6 Å². The molecule has 0 aromatic heterocycles. The van der Waals surface area contributed by atoms with Gasteiger partial charge in [0.2, 0.25) is 0 Å². The molecule has 1 heterocycles. The zero-order valence-corrected chi connectivity index (χ0v) is 10.4. The molecule has 2 nitrogen and oxygen atoms in total. The number of halogens is 3. The average Bonchev–Trinajstić information content (AvgIpc) is 2.57. The highest BCUT2D eigenvalue weighted by Crippen LogP contribution is 2.31. The van der Waals surface area contributed by atoms with Gasteiger partial charge in [0.25, 0.3) is 0 Å².